The van der Waals surface area contributed by atoms with Gasteiger partial charge in [0.1, 0.15) is 24.4 Å². The molecule has 0 aliphatic carbocycles. The first kappa shape index (κ1) is 27.7. The third kappa shape index (κ3) is 7.35. The van der Waals surface area contributed by atoms with E-state index in [1.807, 2.05) is 0 Å². The Balaban J connectivity index is 0.000000325. The molecule has 2 rings (SSSR count). The van der Waals surface area contributed by atoms with E-state index in [9.17, 15) is 4.79 Å². The van der Waals surface area contributed by atoms with E-state index in [0.717, 1.165) is 11.8 Å². The van der Waals surface area contributed by atoms with Crippen LogP contribution < -0.4 is 0 Å². The van der Waals surface area contributed by atoms with Gasteiger partial charge in [-0.2, -0.15) is 0 Å². The number of carbonyl (C=O) groups is 1. The molecular weight excluding hydrogens is 468 g/mol. The van der Waals surface area contributed by atoms with Gasteiger partial charge in [-0.15, -0.1) is 0 Å². The van der Waals surface area contributed by atoms with Gasteiger partial charge in [-0.1, -0.05) is 36.7 Å². The van der Waals surface area contributed by atoms with Crippen LogP contribution in [0.5, 0.6) is 0 Å². The number of esters is 1. The van der Waals surface area contributed by atoms with Gasteiger partial charge in [0.25, 0.3) is 0 Å². The first-order valence-corrected chi connectivity index (χ1v) is 11.2. The summed E-state index contributed by atoms with van der Waals surface area (Å²) in [4.78, 5) is 11.2. The molecule has 0 bridgehead atoms. The number of aliphatic hydroxyl groups is 5. The van der Waals surface area contributed by atoms with Gasteiger partial charge in [-0.05, 0) is 12.3 Å². The number of rotatable bonds is 6. The molecule has 2 aliphatic rings. The van der Waals surface area contributed by atoms with Crippen molar-refractivity contribution < 1.29 is 49.3 Å². The fourth-order valence-corrected chi connectivity index (χ4v) is 3.65. The summed E-state index contributed by atoms with van der Waals surface area (Å²) >= 11 is 3.32. The van der Waals surface area contributed by atoms with E-state index < -0.39 is 43.6 Å². The summed E-state index contributed by atoms with van der Waals surface area (Å²) in [5.74, 6) is 0.293. The maximum atomic E-state index is 11.2. The first-order valence-electron chi connectivity index (χ1n) is 10.1. The van der Waals surface area contributed by atoms with Gasteiger partial charge in [0.2, 0.25) is 0 Å². The summed E-state index contributed by atoms with van der Waals surface area (Å²) in [6.07, 6.45) is -6.72. The lowest BCUT2D eigenvalue weighted by Gasteiger charge is -2.43. The molecule has 0 radical (unpaired) electrons. The third-order valence-electron chi connectivity index (χ3n) is 5.44. The van der Waals surface area contributed by atoms with Crippen molar-refractivity contribution in [3.05, 3.63) is 0 Å². The van der Waals surface area contributed by atoms with Crippen molar-refractivity contribution in [3.63, 3.8) is 0 Å². The number of ether oxygens (including phenoxy) is 4. The summed E-state index contributed by atoms with van der Waals surface area (Å²) in [5, 5.41) is 45.4. The monoisotopic (exact) mass is 502 g/mol. The van der Waals surface area contributed by atoms with Gasteiger partial charge >= 0.3 is 5.97 Å². The van der Waals surface area contributed by atoms with Crippen molar-refractivity contribution in [1.82, 2.24) is 0 Å². The molecule has 2 heterocycles. The minimum Gasteiger partial charge on any atom is -0.457 e. The van der Waals surface area contributed by atoms with E-state index in [4.69, 9.17) is 39.7 Å². The highest BCUT2D eigenvalue weighted by molar-refractivity contribution is 9.09. The van der Waals surface area contributed by atoms with Crippen LogP contribution in [0.4, 0.5) is 0 Å². The molecule has 10 atom stereocenters. The van der Waals surface area contributed by atoms with E-state index in [1.165, 1.54) is 6.92 Å². The fourth-order valence-electron chi connectivity index (χ4n) is 3.46. The summed E-state index contributed by atoms with van der Waals surface area (Å²) in [7, 11) is 0. The Morgan fingerprint density at radius 1 is 1.00 bits per heavy atom. The average Bonchev–Trinajstić information content (AvgIpc) is 2.72. The molecule has 11 heteroatoms. The lowest BCUT2D eigenvalue weighted by Crippen LogP contribution is -2.58. The maximum Gasteiger partial charge on any atom is 0.303 e. The van der Waals surface area contributed by atoms with Crippen LogP contribution in [0.3, 0.4) is 0 Å². The second-order valence-corrected chi connectivity index (χ2v) is 8.32. The van der Waals surface area contributed by atoms with Gasteiger partial charge in [-0.25, -0.2) is 0 Å². The Bertz CT molecular complexity index is 505. The second kappa shape index (κ2) is 13.2. The SMILES string of the molecule is CCC1O[C@@H](OCCBr)C(OC(C)=O)[C@@H](C)[C@@H]1C.OCC1O[C@@H](O)C(O)[C@@H](O)[C@@H]1O. The predicted octanol–water partition coefficient (Wildman–Crippen LogP) is -0.485. The number of halogens is 1. The van der Waals surface area contributed by atoms with Crippen LogP contribution in [0.15, 0.2) is 0 Å². The molecule has 5 N–H and O–H groups in total. The Kier molecular flexibility index (Phi) is 12.2. The van der Waals surface area contributed by atoms with Crippen molar-refractivity contribution in [1.29, 1.82) is 0 Å². The minimum atomic E-state index is -1.57. The van der Waals surface area contributed by atoms with E-state index in [1.54, 1.807) is 0 Å². The summed E-state index contributed by atoms with van der Waals surface area (Å²) in [5.41, 5.74) is 0. The fraction of sp³-hybridized carbons (Fsp3) is 0.947. The lowest BCUT2D eigenvalue weighted by molar-refractivity contribution is -0.286. The Labute approximate surface area is 185 Å². The molecule has 4 unspecified atom stereocenters. The van der Waals surface area contributed by atoms with Crippen LogP contribution in [0.1, 0.15) is 34.1 Å². The van der Waals surface area contributed by atoms with Gasteiger partial charge in [0, 0.05) is 18.2 Å². The zero-order valence-electron chi connectivity index (χ0n) is 17.8. The number of aliphatic hydroxyl groups excluding tert-OH is 5. The summed E-state index contributed by atoms with van der Waals surface area (Å²) < 4.78 is 21.5. The zero-order chi connectivity index (χ0) is 23.0. The van der Waals surface area contributed by atoms with Crippen LogP contribution in [0, 0.1) is 11.8 Å². The van der Waals surface area contributed by atoms with Crippen LogP contribution in [-0.2, 0) is 23.7 Å². The molecule has 178 valence electrons. The van der Waals surface area contributed by atoms with Gasteiger partial charge in [-0.3, -0.25) is 4.79 Å². The molecule has 0 spiro atoms. The molecule has 0 aromatic rings. The molecule has 2 saturated heterocycles. The highest BCUT2D eigenvalue weighted by Gasteiger charge is 2.44. The Morgan fingerprint density at radius 3 is 2.13 bits per heavy atom. The number of alkyl halides is 1. The number of hydrogen-bond donors (Lipinski definition) is 5. The van der Waals surface area contributed by atoms with Gasteiger partial charge in [0.15, 0.2) is 18.7 Å². The largest absolute Gasteiger partial charge is 0.457 e. The summed E-state index contributed by atoms with van der Waals surface area (Å²) in [6, 6.07) is 0. The predicted molar refractivity (Wildman–Crippen MR) is 109 cm³/mol. The van der Waals surface area contributed by atoms with Crippen molar-refractivity contribution >= 4 is 21.9 Å². The lowest BCUT2D eigenvalue weighted by atomic mass is 9.82. The second-order valence-electron chi connectivity index (χ2n) is 7.52. The molecule has 2 fully saturated rings. The van der Waals surface area contributed by atoms with Crippen LogP contribution in [-0.4, -0.2) is 99.2 Å². The molecule has 0 aromatic heterocycles. The van der Waals surface area contributed by atoms with E-state index >= 15 is 0 Å². The van der Waals surface area contributed by atoms with Crippen molar-refractivity contribution in [2.45, 2.75) is 83.3 Å². The zero-order valence-corrected chi connectivity index (χ0v) is 19.3. The van der Waals surface area contributed by atoms with Crippen molar-refractivity contribution in [2.24, 2.45) is 11.8 Å². The molecule has 30 heavy (non-hydrogen) atoms. The normalized spacial score (nSPS) is 41.5. The van der Waals surface area contributed by atoms with Crippen molar-refractivity contribution in [2.75, 3.05) is 18.5 Å². The summed E-state index contributed by atoms with van der Waals surface area (Å²) in [6.45, 7) is 7.76. The third-order valence-corrected chi connectivity index (χ3v) is 5.77. The highest BCUT2D eigenvalue weighted by atomic mass is 79.9. The van der Waals surface area contributed by atoms with E-state index in [0.29, 0.717) is 12.5 Å². The molecule has 0 amide bonds. The number of hydrogen-bond acceptors (Lipinski definition) is 10. The van der Waals surface area contributed by atoms with E-state index in [-0.39, 0.29) is 24.1 Å². The van der Waals surface area contributed by atoms with E-state index in [2.05, 4.69) is 41.4 Å². The average molecular weight is 503 g/mol. The quantitative estimate of drug-likeness (QED) is 0.237. The molecular formula is C19H35BrO10. The first-order chi connectivity index (χ1) is 14.1. The topological polar surface area (TPSA) is 155 Å². The Hall–Kier alpha value is -0.370. The van der Waals surface area contributed by atoms with Crippen molar-refractivity contribution in [3.8, 4) is 0 Å². The maximum absolute atomic E-state index is 11.2. The van der Waals surface area contributed by atoms with Gasteiger partial charge in [0.05, 0.1) is 19.3 Å². The van der Waals surface area contributed by atoms with Crippen LogP contribution >= 0.6 is 15.9 Å². The Morgan fingerprint density at radius 2 is 1.63 bits per heavy atom. The highest BCUT2D eigenvalue weighted by Crippen LogP contribution is 2.34. The minimum absolute atomic E-state index is 0.159. The van der Waals surface area contributed by atoms with Gasteiger partial charge < -0.3 is 44.5 Å². The van der Waals surface area contributed by atoms with Crippen LogP contribution in [0.2, 0.25) is 0 Å². The molecule has 2 aliphatic heterocycles. The molecule has 0 saturated carbocycles. The van der Waals surface area contributed by atoms with Crippen LogP contribution in [0.25, 0.3) is 0 Å². The number of carbonyl (C=O) groups excluding carboxylic acids is 1. The molecule has 10 nitrogen and oxygen atoms in total. The molecule has 0 aromatic carbocycles. The smallest absolute Gasteiger partial charge is 0.303 e. The standard InChI is InChI=1S/C13H23BrO4.C6H12O6/c1-5-11-8(2)9(3)12(17-10(4)15)13(18-11)16-7-6-14;7-1-2-3(8)4(9)5(10)6(11)12-2/h8-9,11-13H,5-7H2,1-4H3;2-11H,1H2/t8-,9-,11?,12?,13+;2?,3-,4+,5?,6-/m01/s1.